The Morgan fingerprint density at radius 2 is 0.718 bits per heavy atom. The Labute approximate surface area is 638 Å². The number of aromatic nitrogens is 3. The van der Waals surface area contributed by atoms with Crippen LogP contribution in [0.15, 0.2) is 135 Å². The van der Waals surface area contributed by atoms with Crippen molar-refractivity contribution in [3.63, 3.8) is 0 Å². The number of rotatable bonds is 35. The first-order valence-corrected chi connectivity index (χ1v) is 38.1. The van der Waals surface area contributed by atoms with Crippen molar-refractivity contribution in [2.75, 3.05) is 26.4 Å². The van der Waals surface area contributed by atoms with Gasteiger partial charge in [-0.2, -0.15) is 22.0 Å². The molecule has 4 N–H and O–H groups in total. The topological polar surface area (TPSA) is 157 Å². The minimum absolute atomic E-state index is 0.0153. The molecule has 0 atom stereocenters. The summed E-state index contributed by atoms with van der Waals surface area (Å²) in [7, 11) is -2.03. The molecule has 103 heavy (non-hydrogen) atoms. The van der Waals surface area contributed by atoms with E-state index in [1.165, 1.54) is 150 Å². The van der Waals surface area contributed by atoms with Gasteiger partial charge in [0.2, 0.25) is 17.5 Å². The lowest BCUT2D eigenvalue weighted by Gasteiger charge is -2.10. The minimum Gasteiger partial charge on any atom is -0.506 e. The molecule has 0 bridgehead atoms. The van der Waals surface area contributed by atoms with Crippen LogP contribution in [0.1, 0.15) is 182 Å². The highest BCUT2D eigenvalue weighted by molar-refractivity contribution is 14.1. The second-order valence-corrected chi connectivity index (χ2v) is 27.2. The lowest BCUT2D eigenvalue weighted by molar-refractivity contribution is 0.284. The number of hydrogen-bond acceptors (Lipinski definition) is 11. The fourth-order valence-corrected chi connectivity index (χ4v) is 10.5. The van der Waals surface area contributed by atoms with Crippen molar-refractivity contribution in [3.8, 4) is 57.0 Å². The maximum absolute atomic E-state index is 14.3. The van der Waals surface area contributed by atoms with Crippen molar-refractivity contribution in [2.45, 2.75) is 182 Å². The molecule has 0 saturated heterocycles. The van der Waals surface area contributed by atoms with Crippen LogP contribution >= 0.6 is 70.4 Å². The molecule has 3 heterocycles. The van der Waals surface area contributed by atoms with Crippen molar-refractivity contribution >= 4 is 83.0 Å². The lowest BCUT2D eigenvalue weighted by Crippen LogP contribution is -2.33. The summed E-state index contributed by atoms with van der Waals surface area (Å²) in [5, 5.41) is 35.4. The molecular weight excluding hydrogens is 1660 g/mol. The molecule has 0 aliphatic carbocycles. The average molecular weight is 1760 g/mol. The Bertz CT molecular complexity index is 3510. The molecule has 564 valence electrons. The third-order valence-corrected chi connectivity index (χ3v) is 17.4. The average Bonchev–Trinajstić information content (AvgIpc) is 0.818. The summed E-state index contributed by atoms with van der Waals surface area (Å²) in [6.45, 7) is 10.2. The molecule has 5 aromatic carbocycles. The van der Waals surface area contributed by atoms with Gasteiger partial charge in [-0.25, -0.2) is 26.9 Å². The Balaban J connectivity index is 0.000000332. The maximum Gasteiger partial charge on any atom is 0.491 e. The molecule has 0 amide bonds. The fourth-order valence-electron chi connectivity index (χ4n) is 9.35. The van der Waals surface area contributed by atoms with Crippen LogP contribution in [0.25, 0.3) is 22.5 Å². The highest BCUT2D eigenvalue weighted by Gasteiger charge is 2.23. The van der Waals surface area contributed by atoms with E-state index >= 15 is 0 Å². The van der Waals surface area contributed by atoms with Gasteiger partial charge in [-0.05, 0) is 187 Å². The van der Waals surface area contributed by atoms with E-state index in [0.717, 1.165) is 102 Å². The third-order valence-electron chi connectivity index (χ3n) is 15.1. The molecule has 3 aromatic heterocycles. The smallest absolute Gasteiger partial charge is 0.491 e. The summed E-state index contributed by atoms with van der Waals surface area (Å²) in [5.74, 6) is -11.3. The van der Waals surface area contributed by atoms with Crippen LogP contribution in [-0.4, -0.2) is 68.8 Å². The molecule has 0 spiro atoms. The number of pyridine rings is 3. The lowest BCUT2D eigenvalue weighted by atomic mass is 9.80. The van der Waals surface area contributed by atoms with Gasteiger partial charge in [0, 0.05) is 37.9 Å². The predicted molar refractivity (Wildman–Crippen MR) is 407 cm³/mol. The molecule has 8 rings (SSSR count). The fraction of sp³-hybridized carbons (Fsp3) is 0.416. The van der Waals surface area contributed by atoms with Crippen LogP contribution in [0.5, 0.6) is 34.5 Å². The molecule has 0 radical (unpaired) electrons. The molecular formula is C77H92BBr3F10IN3O8. The first-order valence-electron chi connectivity index (χ1n) is 34.6. The standard InChI is InChI=1S/C19H22BrF2NO.C19H23F2NO2.C14H21BF2O3.C14H19F2IO.C6H4F2O.C5H3Br2N/c1-2-3-4-5-6-7-12-24-17-11-9-15(18(21)19(17)22)16-10-8-14(20)13-23-16;1-2-3-4-5-6-7-12-24-17-11-9-15(18(20)19(17)21)16-10-8-14(23)13-22-16;1-2-3-4-5-6-7-10-20-12-9-8-11(15(18)19)13(16)14(12)17;1-2-3-4-5-6-7-10-18-12-9-8-11(17)13(15)14(12)16;7-4-2-1-3-5(9)6(4)8;6-4-1-2-5(7)8-3-4/h8-11,13H,2-7,12H2,1H3;8-11,13,23H,2-7,12H2,1H3;8-9,18-19H,2-7,10H2,1H3;8-9H,2-7,10H2,1H3;1-3,9H;1-3H. The first-order chi connectivity index (χ1) is 49.5. The van der Waals surface area contributed by atoms with Crippen molar-refractivity contribution in [2.24, 2.45) is 0 Å². The van der Waals surface area contributed by atoms with Gasteiger partial charge >= 0.3 is 7.12 Å². The Morgan fingerprint density at radius 1 is 0.359 bits per heavy atom. The maximum atomic E-state index is 14.3. The number of phenols is 1. The van der Waals surface area contributed by atoms with E-state index in [4.69, 9.17) is 34.1 Å². The van der Waals surface area contributed by atoms with Gasteiger partial charge in [-0.1, -0.05) is 168 Å². The number of unbranched alkanes of at least 4 members (excludes halogenated alkanes) is 20. The zero-order valence-corrected chi connectivity index (χ0v) is 65.4. The second-order valence-electron chi connectivity index (χ2n) is 23.4. The Kier molecular flexibility index (Phi) is 47.3. The number of aromatic hydroxyl groups is 2. The zero-order chi connectivity index (χ0) is 75.9. The Hall–Kier alpha value is -6.20. The van der Waals surface area contributed by atoms with Crippen LogP contribution in [0.2, 0.25) is 0 Å². The highest BCUT2D eigenvalue weighted by atomic mass is 127. The summed E-state index contributed by atoms with van der Waals surface area (Å²) in [5.41, 5.74) is 0.324. The first kappa shape index (κ1) is 91.0. The number of hydrogen-bond donors (Lipinski definition) is 4. The monoisotopic (exact) mass is 1750 g/mol. The number of ether oxygens (including phenoxy) is 4. The Morgan fingerprint density at radius 3 is 1.07 bits per heavy atom. The SMILES string of the molecule is Brc1ccc(Br)nc1.CCCCCCCCOc1ccc(-c2ccc(Br)cn2)c(F)c1F.CCCCCCCCOc1ccc(-c2ccc(O)cn2)c(F)c1F.CCCCCCCCOc1ccc(B(O)O)c(F)c1F.CCCCCCCCOc1ccc(I)c(F)c1F.Oc1cccc(F)c1F. The van der Waals surface area contributed by atoms with E-state index in [1.807, 2.05) is 12.1 Å². The normalized spacial score (nSPS) is 10.5. The molecule has 26 heteroatoms. The molecule has 0 aliphatic heterocycles. The van der Waals surface area contributed by atoms with E-state index in [9.17, 15) is 49.0 Å². The van der Waals surface area contributed by atoms with Crippen molar-refractivity contribution in [3.05, 3.63) is 197 Å². The predicted octanol–water partition coefficient (Wildman–Crippen LogP) is 24.0. The van der Waals surface area contributed by atoms with E-state index in [-0.39, 0.29) is 49.1 Å². The number of halogens is 14. The van der Waals surface area contributed by atoms with Crippen LogP contribution in [0, 0.1) is 61.7 Å². The van der Waals surface area contributed by atoms with Gasteiger partial charge in [0.15, 0.2) is 69.5 Å². The van der Waals surface area contributed by atoms with Gasteiger partial charge < -0.3 is 39.2 Å². The van der Waals surface area contributed by atoms with Crippen molar-refractivity contribution < 1.29 is 83.1 Å². The van der Waals surface area contributed by atoms with Crippen LogP contribution in [0.3, 0.4) is 0 Å². The van der Waals surface area contributed by atoms with Crippen LogP contribution in [-0.2, 0) is 0 Å². The van der Waals surface area contributed by atoms with Crippen LogP contribution in [0.4, 0.5) is 43.9 Å². The number of nitrogens with zero attached hydrogens (tertiary/aromatic N) is 3. The molecule has 11 nitrogen and oxygen atoms in total. The van der Waals surface area contributed by atoms with Gasteiger partial charge in [0.05, 0.1) is 47.6 Å². The van der Waals surface area contributed by atoms with Gasteiger partial charge in [-0.3, -0.25) is 9.97 Å². The zero-order valence-electron chi connectivity index (χ0n) is 58.5. The van der Waals surface area contributed by atoms with Gasteiger partial charge in [-0.15, -0.1) is 0 Å². The molecule has 0 saturated carbocycles. The quantitative estimate of drug-likeness (QED) is 0.00749. The van der Waals surface area contributed by atoms with E-state index < -0.39 is 76.5 Å². The van der Waals surface area contributed by atoms with Crippen LogP contribution < -0.4 is 24.4 Å². The van der Waals surface area contributed by atoms with E-state index in [1.54, 1.807) is 47.1 Å². The number of benzene rings is 5. The van der Waals surface area contributed by atoms with Gasteiger partial charge in [0.1, 0.15) is 10.4 Å². The summed E-state index contributed by atoms with van der Waals surface area (Å²) in [4.78, 5) is 11.9. The summed E-state index contributed by atoms with van der Waals surface area (Å²) in [6.07, 6.45) is 31.2. The molecule has 0 unspecified atom stereocenters. The van der Waals surface area contributed by atoms with E-state index in [2.05, 4.69) is 90.4 Å². The summed E-state index contributed by atoms with van der Waals surface area (Å²) >= 11 is 11.5. The molecule has 0 aliphatic rings. The minimum atomic E-state index is -2.03. The third kappa shape index (κ3) is 35.6. The van der Waals surface area contributed by atoms with Gasteiger partial charge in [0.25, 0.3) is 0 Å². The van der Waals surface area contributed by atoms with Crippen molar-refractivity contribution in [1.82, 2.24) is 15.0 Å². The summed E-state index contributed by atoms with van der Waals surface area (Å²) < 4.78 is 159. The molecule has 8 aromatic rings. The highest BCUT2D eigenvalue weighted by Crippen LogP contribution is 2.32. The van der Waals surface area contributed by atoms with E-state index in [0.29, 0.717) is 32.1 Å². The number of phenolic OH excluding ortho intramolecular Hbond substituents is 1. The largest absolute Gasteiger partial charge is 0.506 e. The second kappa shape index (κ2) is 53.6. The molecule has 0 fully saturated rings. The summed E-state index contributed by atoms with van der Waals surface area (Å²) in [6, 6.07) is 24.4. The van der Waals surface area contributed by atoms with Crippen molar-refractivity contribution in [1.29, 1.82) is 0 Å².